The summed E-state index contributed by atoms with van der Waals surface area (Å²) in [6.45, 7) is 1.90. The van der Waals surface area contributed by atoms with E-state index in [1.165, 1.54) is 45.3 Å². The summed E-state index contributed by atoms with van der Waals surface area (Å²) < 4.78 is 11.3. The number of para-hydroxylation sites is 2. The normalized spacial score (nSPS) is 16.9. The first-order valence-electron chi connectivity index (χ1n) is 24.7. The molecule has 20 nitrogen and oxygen atoms in total. The van der Waals surface area contributed by atoms with Crippen molar-refractivity contribution in [1.29, 1.82) is 0 Å². The van der Waals surface area contributed by atoms with Crippen LogP contribution >= 0.6 is 61.3 Å². The minimum atomic E-state index is -0.179. The fourth-order valence-electron chi connectivity index (χ4n) is 9.14. The van der Waals surface area contributed by atoms with Crippen LogP contribution < -0.4 is 30.7 Å². The van der Waals surface area contributed by atoms with E-state index in [9.17, 15) is 19.2 Å². The molecule has 2 saturated carbocycles. The molecular weight excluding hydrogens is 1120 g/mol. The molecule has 10 rings (SSSR count). The summed E-state index contributed by atoms with van der Waals surface area (Å²) in [5, 5.41) is 51.2. The molecule has 77 heavy (non-hydrogen) atoms. The first-order valence-corrected chi connectivity index (χ1v) is 28.8. The predicted molar refractivity (Wildman–Crippen MR) is 299 cm³/mol. The van der Waals surface area contributed by atoms with E-state index < -0.39 is 0 Å². The number of anilines is 4. The number of carbonyl (C=O) groups excluding carboxylic acids is 4. The highest BCUT2D eigenvalue weighted by atomic mass is 79.9. The molecule has 4 atom stereocenters. The standard InChI is InChI=1S/C27H28N6O4S2.C25H25BrN8O2S2/c1-36-20-9-5-3-7-16(20)14-22(34)28-26-32-30-24(38-26)18-11-12-19(13-18)25-31-33-27(39-25)29-23(35)15-17-8-4-6-10-21(17)37-2;1-14-5-2-8-17(27-14)12-20(35)29-24-33-31-22(37-24)15-6-3-7-16(11-15)23-32-34-25(38-23)30-21(36)13-18-9-4-10-19(26)28-18/h3-10,18-19H,11-15H2,1-2H3,(H,28,32,34)(H,29,33,35);2,4-5,8-10,15-16H,3,6-7,11-13H2,1H3,(H,29,33,35)(H,30,34,36)/t18-,19-;15-,16-/m11/s1. The second-order valence-corrected chi connectivity index (χ2v) is 23.1. The Balaban J connectivity index is 0.000000188. The van der Waals surface area contributed by atoms with Gasteiger partial charge in [-0.3, -0.25) is 24.2 Å². The minimum Gasteiger partial charge on any atom is -0.496 e. The van der Waals surface area contributed by atoms with Gasteiger partial charge in [0.25, 0.3) is 0 Å². The van der Waals surface area contributed by atoms with Crippen molar-refractivity contribution < 1.29 is 28.7 Å². The molecule has 0 aliphatic heterocycles. The molecule has 398 valence electrons. The summed E-state index contributed by atoms with van der Waals surface area (Å²) >= 11 is 8.97. The molecule has 4 amide bonds. The number of hydrogen-bond acceptors (Lipinski definition) is 20. The number of nitrogens with zero attached hydrogens (tertiary/aromatic N) is 10. The number of aromatic nitrogens is 10. The highest BCUT2D eigenvalue weighted by Crippen LogP contribution is 2.46. The van der Waals surface area contributed by atoms with E-state index in [1.807, 2.05) is 91.9 Å². The Morgan fingerprint density at radius 2 is 0.857 bits per heavy atom. The number of pyridine rings is 2. The third-order valence-electron chi connectivity index (χ3n) is 12.7. The van der Waals surface area contributed by atoms with Crippen LogP contribution in [0.4, 0.5) is 20.5 Å². The lowest BCUT2D eigenvalue weighted by molar-refractivity contribution is -0.116. The maximum atomic E-state index is 12.6. The second-order valence-electron chi connectivity index (χ2n) is 18.3. The van der Waals surface area contributed by atoms with Gasteiger partial charge in [0.15, 0.2) is 0 Å². The summed E-state index contributed by atoms with van der Waals surface area (Å²) in [5.41, 5.74) is 3.90. The number of hydrogen-bond donors (Lipinski definition) is 4. The van der Waals surface area contributed by atoms with Gasteiger partial charge < -0.3 is 30.7 Å². The van der Waals surface area contributed by atoms with Crippen molar-refractivity contribution >= 4 is 105 Å². The van der Waals surface area contributed by atoms with Gasteiger partial charge >= 0.3 is 0 Å². The molecule has 6 heterocycles. The van der Waals surface area contributed by atoms with E-state index in [-0.39, 0.29) is 73.0 Å². The average molecular weight is 1180 g/mol. The first kappa shape index (κ1) is 54.7. The number of rotatable bonds is 18. The van der Waals surface area contributed by atoms with E-state index in [4.69, 9.17) is 9.47 Å². The van der Waals surface area contributed by atoms with Gasteiger partial charge in [-0.1, -0.05) is 100 Å². The summed E-state index contributed by atoms with van der Waals surface area (Å²) in [5.74, 6) is 1.63. The minimum absolute atomic E-state index is 0.161. The fourth-order valence-corrected chi connectivity index (χ4v) is 13.2. The lowest BCUT2D eigenvalue weighted by Crippen LogP contribution is -2.15. The van der Waals surface area contributed by atoms with E-state index in [0.29, 0.717) is 42.3 Å². The summed E-state index contributed by atoms with van der Waals surface area (Å²) in [4.78, 5) is 58.7. The average Bonchev–Trinajstić information content (AvgIpc) is 4.30. The Labute approximate surface area is 467 Å². The van der Waals surface area contributed by atoms with Gasteiger partial charge in [-0.2, -0.15) is 0 Å². The lowest BCUT2D eigenvalue weighted by atomic mass is 9.82. The molecular formula is C52H53BrN14O6S4. The van der Waals surface area contributed by atoms with Crippen molar-refractivity contribution in [2.24, 2.45) is 0 Å². The molecule has 0 saturated heterocycles. The lowest BCUT2D eigenvalue weighted by Gasteiger charge is -2.25. The van der Waals surface area contributed by atoms with Crippen molar-refractivity contribution in [3.63, 3.8) is 0 Å². The van der Waals surface area contributed by atoms with Gasteiger partial charge in [-0.15, -0.1) is 40.8 Å². The van der Waals surface area contributed by atoms with E-state index in [0.717, 1.165) is 87.5 Å². The van der Waals surface area contributed by atoms with Gasteiger partial charge in [0.1, 0.15) is 36.1 Å². The first-order chi connectivity index (χ1) is 37.4. The van der Waals surface area contributed by atoms with Crippen molar-refractivity contribution in [1.82, 2.24) is 50.8 Å². The van der Waals surface area contributed by atoms with Crippen LogP contribution in [0.5, 0.6) is 11.5 Å². The number of aryl methyl sites for hydroxylation is 1. The largest absolute Gasteiger partial charge is 0.496 e. The molecule has 8 aromatic rings. The van der Waals surface area contributed by atoms with Crippen LogP contribution in [0.2, 0.25) is 0 Å². The van der Waals surface area contributed by atoms with Gasteiger partial charge in [0.2, 0.25) is 44.2 Å². The second kappa shape index (κ2) is 26.3. The number of benzene rings is 2. The van der Waals surface area contributed by atoms with E-state index in [2.05, 4.69) is 88.0 Å². The van der Waals surface area contributed by atoms with Gasteiger partial charge in [-0.05, 0) is 97.8 Å². The van der Waals surface area contributed by atoms with Gasteiger partial charge in [-0.25, -0.2) is 4.98 Å². The zero-order valence-corrected chi connectivity index (χ0v) is 47.0. The fraction of sp³-hybridized carbons (Fsp3) is 0.346. The molecule has 25 heteroatoms. The molecule has 6 aromatic heterocycles. The van der Waals surface area contributed by atoms with Crippen LogP contribution in [0.15, 0.2) is 89.5 Å². The zero-order chi connectivity index (χ0) is 53.7. The number of nitrogens with one attached hydrogen (secondary N) is 4. The number of methoxy groups -OCH3 is 2. The van der Waals surface area contributed by atoms with Crippen LogP contribution in [0.1, 0.15) is 117 Å². The van der Waals surface area contributed by atoms with E-state index >= 15 is 0 Å². The molecule has 2 aliphatic rings. The molecule has 0 unspecified atom stereocenters. The van der Waals surface area contributed by atoms with Gasteiger partial charge in [0, 0.05) is 46.2 Å². The topological polar surface area (TPSA) is 264 Å². The monoisotopic (exact) mass is 1180 g/mol. The SMILES string of the molecule is COc1ccccc1CC(=O)Nc1nnc([C@@H]2CC[C@@H](c3nnc(NC(=O)Cc4ccccc4OC)s3)C2)s1.Cc1cccc(CC(=O)Nc2nnc([C@@H]3CCC[C@@H](c4nnc(NC(=O)Cc5cccc(Br)n5)s4)C3)s2)n1. The number of halogens is 1. The number of carbonyl (C=O) groups is 4. The molecule has 4 N–H and O–H groups in total. The molecule has 2 aliphatic carbocycles. The van der Waals surface area contributed by atoms with Crippen LogP contribution in [0, 0.1) is 6.92 Å². The Hall–Kier alpha value is -7.06. The Morgan fingerprint density at radius 3 is 1.26 bits per heavy atom. The molecule has 2 aromatic carbocycles. The highest BCUT2D eigenvalue weighted by Gasteiger charge is 2.33. The quantitative estimate of drug-likeness (QED) is 0.0582. The Morgan fingerprint density at radius 1 is 0.481 bits per heavy atom. The van der Waals surface area contributed by atoms with Crippen LogP contribution in [-0.4, -0.2) is 88.6 Å². The van der Waals surface area contributed by atoms with Crippen LogP contribution in [0.3, 0.4) is 0 Å². The smallest absolute Gasteiger partial charge is 0.232 e. The summed E-state index contributed by atoms with van der Waals surface area (Å²) in [6, 6.07) is 26.0. The summed E-state index contributed by atoms with van der Waals surface area (Å²) in [6.07, 6.45) is 7.43. The maximum absolute atomic E-state index is 12.6. The third-order valence-corrected chi connectivity index (χ3v) is 17.2. The molecule has 0 radical (unpaired) electrons. The number of amides is 4. The molecule has 0 bridgehead atoms. The maximum Gasteiger partial charge on any atom is 0.232 e. The summed E-state index contributed by atoms with van der Waals surface area (Å²) in [7, 11) is 3.18. The van der Waals surface area contributed by atoms with Crippen molar-refractivity contribution in [3.05, 3.63) is 138 Å². The van der Waals surface area contributed by atoms with Crippen molar-refractivity contribution in [2.45, 2.75) is 101 Å². The third kappa shape index (κ3) is 15.3. The van der Waals surface area contributed by atoms with Crippen molar-refractivity contribution in [3.8, 4) is 11.5 Å². The number of ether oxygens (including phenoxy) is 2. The van der Waals surface area contributed by atoms with E-state index in [1.54, 1.807) is 14.2 Å². The van der Waals surface area contributed by atoms with Gasteiger partial charge in [0.05, 0.1) is 45.6 Å². The van der Waals surface area contributed by atoms with Crippen LogP contribution in [0.25, 0.3) is 0 Å². The van der Waals surface area contributed by atoms with Crippen LogP contribution in [-0.2, 0) is 44.9 Å². The Kier molecular flexibility index (Phi) is 18.7. The highest BCUT2D eigenvalue weighted by molar-refractivity contribution is 9.10. The molecule has 0 spiro atoms. The predicted octanol–water partition coefficient (Wildman–Crippen LogP) is 9.87. The molecule has 2 fully saturated rings. The zero-order valence-electron chi connectivity index (χ0n) is 42.1. The van der Waals surface area contributed by atoms with Crippen molar-refractivity contribution in [2.75, 3.05) is 35.5 Å². The Bertz CT molecular complexity index is 3120.